The zero-order chi connectivity index (χ0) is 9.97. The highest BCUT2D eigenvalue weighted by Crippen LogP contribution is 2.20. The number of benzene rings is 1. The molecule has 2 aromatic rings. The molecule has 0 aliphatic carbocycles. The Kier molecular flexibility index (Phi) is 2.45. The molecule has 1 aromatic carbocycles. The van der Waals surface area contributed by atoms with Gasteiger partial charge in [0.1, 0.15) is 5.75 Å². The molecule has 14 heavy (non-hydrogen) atoms. The number of imidazole rings is 1. The van der Waals surface area contributed by atoms with Gasteiger partial charge in [-0.15, -0.1) is 12.6 Å². The largest absolute Gasteiger partial charge is 0.497 e. The van der Waals surface area contributed by atoms with Crippen LogP contribution in [-0.2, 0) is 0 Å². The summed E-state index contributed by atoms with van der Waals surface area (Å²) in [6.07, 6.45) is 1.82. The van der Waals surface area contributed by atoms with Crippen molar-refractivity contribution < 1.29 is 4.74 Å². The summed E-state index contributed by atoms with van der Waals surface area (Å²) in [7, 11) is 1.65. The molecule has 0 aliphatic heterocycles. The maximum absolute atomic E-state index is 5.07. The van der Waals surface area contributed by atoms with Gasteiger partial charge in [0.2, 0.25) is 0 Å². The molecule has 0 amide bonds. The molecule has 0 fully saturated rings. The maximum Gasteiger partial charge on any atom is 0.162 e. The van der Waals surface area contributed by atoms with Gasteiger partial charge in [0.15, 0.2) is 5.16 Å². The lowest BCUT2D eigenvalue weighted by Gasteiger charge is -1.99. The highest BCUT2D eigenvalue weighted by atomic mass is 32.1. The molecule has 1 aromatic heterocycles. The van der Waals surface area contributed by atoms with Crippen molar-refractivity contribution in [3.63, 3.8) is 0 Å². The van der Waals surface area contributed by atoms with Gasteiger partial charge in [0, 0.05) is 11.8 Å². The van der Waals surface area contributed by atoms with E-state index in [0.29, 0.717) is 5.16 Å². The summed E-state index contributed by atoms with van der Waals surface area (Å²) in [5.41, 5.74) is 1.93. The minimum absolute atomic E-state index is 0.621. The number of nitrogens with zero attached hydrogens (tertiary/aromatic N) is 1. The van der Waals surface area contributed by atoms with Crippen LogP contribution in [0.1, 0.15) is 0 Å². The molecule has 0 unspecified atom stereocenters. The van der Waals surface area contributed by atoms with Crippen LogP contribution in [0.2, 0.25) is 0 Å². The van der Waals surface area contributed by atoms with Crippen LogP contribution in [0.15, 0.2) is 35.6 Å². The lowest BCUT2D eigenvalue weighted by Crippen LogP contribution is -1.82. The number of hydrogen-bond acceptors (Lipinski definition) is 3. The number of aromatic amines is 1. The van der Waals surface area contributed by atoms with Crippen LogP contribution in [0, 0.1) is 0 Å². The number of rotatable bonds is 2. The van der Waals surface area contributed by atoms with Gasteiger partial charge < -0.3 is 9.72 Å². The zero-order valence-electron chi connectivity index (χ0n) is 7.69. The molecular weight excluding hydrogens is 196 g/mol. The quantitative estimate of drug-likeness (QED) is 0.740. The number of aromatic nitrogens is 2. The smallest absolute Gasteiger partial charge is 0.162 e. The van der Waals surface area contributed by atoms with E-state index in [1.54, 1.807) is 7.11 Å². The summed E-state index contributed by atoms with van der Waals surface area (Å²) in [6.45, 7) is 0. The van der Waals surface area contributed by atoms with Crippen molar-refractivity contribution in [3.8, 4) is 17.0 Å². The first-order valence-corrected chi connectivity index (χ1v) is 4.63. The molecule has 4 heteroatoms. The van der Waals surface area contributed by atoms with E-state index in [-0.39, 0.29) is 0 Å². The molecule has 0 saturated heterocycles. The molecule has 0 aliphatic rings. The third kappa shape index (κ3) is 1.75. The van der Waals surface area contributed by atoms with Gasteiger partial charge in [0.05, 0.1) is 12.8 Å². The second-order valence-corrected chi connectivity index (χ2v) is 3.26. The van der Waals surface area contributed by atoms with Crippen LogP contribution in [0.3, 0.4) is 0 Å². The maximum atomic E-state index is 5.07. The minimum Gasteiger partial charge on any atom is -0.497 e. The van der Waals surface area contributed by atoms with E-state index in [1.807, 2.05) is 30.5 Å². The zero-order valence-corrected chi connectivity index (χ0v) is 8.58. The average Bonchev–Trinajstić information content (AvgIpc) is 2.65. The molecule has 0 atom stereocenters. The van der Waals surface area contributed by atoms with Crippen molar-refractivity contribution in [2.75, 3.05) is 7.11 Å². The van der Waals surface area contributed by atoms with E-state index in [2.05, 4.69) is 22.6 Å². The van der Waals surface area contributed by atoms with Crippen LogP contribution in [0.5, 0.6) is 5.75 Å². The first-order chi connectivity index (χ1) is 6.79. The Morgan fingerprint density at radius 3 is 2.50 bits per heavy atom. The predicted octanol–water partition coefficient (Wildman–Crippen LogP) is 2.37. The molecule has 1 N–H and O–H groups in total. The van der Waals surface area contributed by atoms with Crippen LogP contribution in [-0.4, -0.2) is 17.1 Å². The summed E-state index contributed by atoms with van der Waals surface area (Å²) in [5, 5.41) is 0.621. The summed E-state index contributed by atoms with van der Waals surface area (Å²) >= 11 is 4.10. The van der Waals surface area contributed by atoms with E-state index < -0.39 is 0 Å². The third-order valence-corrected chi connectivity index (χ3v) is 2.18. The van der Waals surface area contributed by atoms with E-state index in [9.17, 15) is 0 Å². The monoisotopic (exact) mass is 206 g/mol. The van der Waals surface area contributed by atoms with Crippen molar-refractivity contribution in [1.82, 2.24) is 9.97 Å². The number of thiol groups is 1. The predicted molar refractivity (Wildman–Crippen MR) is 57.8 cm³/mol. The van der Waals surface area contributed by atoms with Gasteiger partial charge in [-0.2, -0.15) is 0 Å². The molecule has 0 spiro atoms. The van der Waals surface area contributed by atoms with E-state index in [1.165, 1.54) is 0 Å². The Balaban J connectivity index is 2.33. The van der Waals surface area contributed by atoms with Gasteiger partial charge >= 0.3 is 0 Å². The Hall–Kier alpha value is -1.42. The Morgan fingerprint density at radius 2 is 2.00 bits per heavy atom. The molecule has 1 heterocycles. The molecule has 0 saturated carbocycles. The molecule has 0 radical (unpaired) electrons. The molecule has 2 rings (SSSR count). The van der Waals surface area contributed by atoms with Crippen molar-refractivity contribution in [2.24, 2.45) is 0 Å². The van der Waals surface area contributed by atoms with Crippen LogP contribution < -0.4 is 4.74 Å². The first-order valence-electron chi connectivity index (χ1n) is 4.18. The van der Waals surface area contributed by atoms with Gasteiger partial charge in [0.25, 0.3) is 0 Å². The Bertz CT molecular complexity index is 422. The van der Waals surface area contributed by atoms with Crippen LogP contribution in [0.4, 0.5) is 0 Å². The summed E-state index contributed by atoms with van der Waals surface area (Å²) in [5.74, 6) is 0.843. The molecule has 3 nitrogen and oxygen atoms in total. The van der Waals surface area contributed by atoms with E-state index in [0.717, 1.165) is 17.0 Å². The second kappa shape index (κ2) is 3.75. The fraction of sp³-hybridized carbons (Fsp3) is 0.100. The number of hydrogen-bond donors (Lipinski definition) is 2. The van der Waals surface area contributed by atoms with E-state index >= 15 is 0 Å². The van der Waals surface area contributed by atoms with Crippen molar-refractivity contribution in [3.05, 3.63) is 30.5 Å². The lowest BCUT2D eigenvalue weighted by molar-refractivity contribution is 0.415. The van der Waals surface area contributed by atoms with Crippen LogP contribution in [0.25, 0.3) is 11.3 Å². The van der Waals surface area contributed by atoms with Gasteiger partial charge in [-0.05, 0) is 24.3 Å². The molecule has 0 bridgehead atoms. The van der Waals surface area contributed by atoms with Gasteiger partial charge in [-0.25, -0.2) is 4.98 Å². The Morgan fingerprint density at radius 1 is 1.29 bits per heavy atom. The third-order valence-electron chi connectivity index (χ3n) is 1.95. The van der Waals surface area contributed by atoms with Crippen molar-refractivity contribution in [2.45, 2.75) is 5.16 Å². The second-order valence-electron chi connectivity index (χ2n) is 2.84. The highest BCUT2D eigenvalue weighted by molar-refractivity contribution is 7.80. The minimum atomic E-state index is 0.621. The highest BCUT2D eigenvalue weighted by Gasteiger charge is 2.01. The number of nitrogens with one attached hydrogen (secondary N) is 1. The van der Waals surface area contributed by atoms with Gasteiger partial charge in [-0.3, -0.25) is 0 Å². The van der Waals surface area contributed by atoms with E-state index in [4.69, 9.17) is 4.74 Å². The normalized spacial score (nSPS) is 10.1. The fourth-order valence-electron chi connectivity index (χ4n) is 1.22. The summed E-state index contributed by atoms with van der Waals surface area (Å²) in [6, 6.07) is 7.73. The van der Waals surface area contributed by atoms with Crippen molar-refractivity contribution >= 4 is 12.6 Å². The topological polar surface area (TPSA) is 37.9 Å². The molecule has 72 valence electrons. The van der Waals surface area contributed by atoms with Gasteiger partial charge in [-0.1, -0.05) is 0 Å². The Labute approximate surface area is 87.6 Å². The SMILES string of the molecule is COc1ccc(-c2c[nH]c(S)n2)cc1. The summed E-state index contributed by atoms with van der Waals surface area (Å²) < 4.78 is 5.07. The average molecular weight is 206 g/mol. The number of ether oxygens (including phenoxy) is 1. The number of methoxy groups -OCH3 is 1. The molecular formula is C10H10N2OS. The lowest BCUT2D eigenvalue weighted by atomic mass is 10.2. The van der Waals surface area contributed by atoms with Crippen molar-refractivity contribution in [1.29, 1.82) is 0 Å². The first kappa shape index (κ1) is 9.15. The summed E-state index contributed by atoms with van der Waals surface area (Å²) in [4.78, 5) is 7.12. The number of H-pyrrole nitrogens is 1. The van der Waals surface area contributed by atoms with Crippen LogP contribution >= 0.6 is 12.6 Å². The fourth-order valence-corrected chi connectivity index (χ4v) is 1.39. The standard InChI is InChI=1S/C10H10N2OS/c1-13-8-4-2-7(3-5-8)9-6-11-10(14)12-9/h2-6H,1H3,(H2,11,12,14).